The number of hydrogen-bond acceptors (Lipinski definition) is 4. The van der Waals surface area contributed by atoms with E-state index in [0.29, 0.717) is 23.4 Å². The number of nitrogens with one attached hydrogen (secondary N) is 1. The highest BCUT2D eigenvalue weighted by molar-refractivity contribution is 5.96. The summed E-state index contributed by atoms with van der Waals surface area (Å²) in [6, 6.07) is 7.40. The largest absolute Gasteiger partial charge is 0.508 e. The van der Waals surface area contributed by atoms with Gasteiger partial charge in [-0.1, -0.05) is 31.5 Å². The topological polar surface area (TPSA) is 78.8 Å². The Hall–Kier alpha value is -2.53. The highest BCUT2D eigenvalue weighted by atomic mass is 16.5. The zero-order chi connectivity index (χ0) is 21.3. The van der Waals surface area contributed by atoms with Gasteiger partial charge in [-0.3, -0.25) is 4.79 Å². The Bertz CT molecular complexity index is 910. The maximum Gasteiger partial charge on any atom is 0.262 e. The van der Waals surface area contributed by atoms with E-state index in [1.807, 2.05) is 0 Å². The van der Waals surface area contributed by atoms with E-state index in [1.165, 1.54) is 34.4 Å². The number of rotatable bonds is 6. The molecule has 0 saturated carbocycles. The highest BCUT2D eigenvalue weighted by Gasteiger charge is 2.27. The van der Waals surface area contributed by atoms with Gasteiger partial charge in [-0.25, -0.2) is 0 Å². The van der Waals surface area contributed by atoms with Crippen LogP contribution in [0.25, 0.3) is 0 Å². The minimum atomic E-state index is -0.787. The first-order valence-electron chi connectivity index (χ1n) is 10.1. The van der Waals surface area contributed by atoms with Crippen molar-refractivity contribution in [2.75, 3.05) is 11.9 Å². The monoisotopic (exact) mass is 397 g/mol. The molecule has 5 nitrogen and oxygen atoms in total. The van der Waals surface area contributed by atoms with E-state index in [-0.39, 0.29) is 23.7 Å². The first-order valence-corrected chi connectivity index (χ1v) is 10.1. The van der Waals surface area contributed by atoms with Crippen molar-refractivity contribution >= 4 is 11.6 Å². The van der Waals surface area contributed by atoms with E-state index in [1.54, 1.807) is 0 Å². The van der Waals surface area contributed by atoms with Gasteiger partial charge in [0.25, 0.3) is 5.91 Å². The number of phenols is 1. The summed E-state index contributed by atoms with van der Waals surface area (Å²) in [6.45, 7) is 10.8. The van der Waals surface area contributed by atoms with Crippen molar-refractivity contribution in [2.24, 2.45) is 5.41 Å². The smallest absolute Gasteiger partial charge is 0.262 e. The molecule has 0 aromatic heterocycles. The Morgan fingerprint density at radius 2 is 1.79 bits per heavy atom. The highest BCUT2D eigenvalue weighted by Crippen LogP contribution is 2.41. The molecule has 1 atom stereocenters. The van der Waals surface area contributed by atoms with Gasteiger partial charge in [0.2, 0.25) is 0 Å². The van der Waals surface area contributed by atoms with Crippen LogP contribution in [0.2, 0.25) is 0 Å². The molecule has 1 heterocycles. The molecule has 2 aromatic rings. The van der Waals surface area contributed by atoms with E-state index < -0.39 is 6.10 Å². The van der Waals surface area contributed by atoms with Crippen molar-refractivity contribution in [1.29, 1.82) is 0 Å². The molecule has 0 bridgehead atoms. The SMILES string of the molecule is Cc1cc(C)c(CC(C)(C)CCC(O)c2cc(O)cc3c2OCC(=O)N3)c(C)c1. The Morgan fingerprint density at radius 3 is 2.45 bits per heavy atom. The van der Waals surface area contributed by atoms with Gasteiger partial charge in [-0.05, 0) is 68.2 Å². The maximum absolute atomic E-state index is 11.5. The average Bonchev–Trinajstić information content (AvgIpc) is 2.61. The first kappa shape index (κ1) is 21.2. The van der Waals surface area contributed by atoms with Crippen LogP contribution in [0.3, 0.4) is 0 Å². The van der Waals surface area contributed by atoms with Crippen molar-refractivity contribution in [1.82, 2.24) is 0 Å². The summed E-state index contributed by atoms with van der Waals surface area (Å²) in [5.41, 5.74) is 6.18. The number of fused-ring (bicyclic) bond motifs is 1. The second-order valence-corrected chi connectivity index (χ2v) is 9.02. The van der Waals surface area contributed by atoms with Gasteiger partial charge in [0.05, 0.1) is 11.8 Å². The molecule has 3 N–H and O–H groups in total. The summed E-state index contributed by atoms with van der Waals surface area (Å²) in [4.78, 5) is 11.5. The van der Waals surface area contributed by atoms with Gasteiger partial charge < -0.3 is 20.3 Å². The molecule has 156 valence electrons. The third kappa shape index (κ3) is 4.91. The molecule has 2 aromatic carbocycles. The third-order valence-corrected chi connectivity index (χ3v) is 5.67. The number of hydrogen-bond donors (Lipinski definition) is 3. The summed E-state index contributed by atoms with van der Waals surface area (Å²) in [6.07, 6.45) is 1.48. The molecule has 29 heavy (non-hydrogen) atoms. The number of benzene rings is 2. The van der Waals surface area contributed by atoms with Crippen LogP contribution in [0.4, 0.5) is 5.69 Å². The van der Waals surface area contributed by atoms with Gasteiger partial charge in [-0.15, -0.1) is 0 Å². The number of anilines is 1. The van der Waals surface area contributed by atoms with E-state index >= 15 is 0 Å². The number of aromatic hydroxyl groups is 1. The molecule has 1 amide bonds. The number of ether oxygens (including phenoxy) is 1. The van der Waals surface area contributed by atoms with Crippen LogP contribution in [0.15, 0.2) is 24.3 Å². The van der Waals surface area contributed by atoms with Crippen molar-refractivity contribution in [3.8, 4) is 11.5 Å². The Balaban J connectivity index is 1.74. The molecule has 1 unspecified atom stereocenters. The fourth-order valence-corrected chi connectivity index (χ4v) is 4.20. The summed E-state index contributed by atoms with van der Waals surface area (Å²) in [5, 5.41) is 23.5. The van der Waals surface area contributed by atoms with E-state index in [0.717, 1.165) is 12.8 Å². The second kappa shape index (κ2) is 8.07. The fourth-order valence-electron chi connectivity index (χ4n) is 4.20. The van der Waals surface area contributed by atoms with Gasteiger partial charge in [0, 0.05) is 11.6 Å². The van der Waals surface area contributed by atoms with E-state index in [9.17, 15) is 15.0 Å². The minimum Gasteiger partial charge on any atom is -0.508 e. The van der Waals surface area contributed by atoms with Crippen molar-refractivity contribution in [2.45, 2.75) is 60.0 Å². The average molecular weight is 398 g/mol. The molecule has 0 aliphatic carbocycles. The summed E-state index contributed by atoms with van der Waals surface area (Å²) >= 11 is 0. The molecule has 1 aliphatic heterocycles. The van der Waals surface area contributed by atoms with Crippen molar-refractivity contribution in [3.63, 3.8) is 0 Å². The number of aryl methyl sites for hydroxylation is 3. The fraction of sp³-hybridized carbons (Fsp3) is 0.458. The third-order valence-electron chi connectivity index (χ3n) is 5.67. The van der Waals surface area contributed by atoms with Gasteiger partial charge in [0.1, 0.15) is 11.5 Å². The summed E-state index contributed by atoms with van der Waals surface area (Å²) in [7, 11) is 0. The maximum atomic E-state index is 11.5. The van der Waals surface area contributed by atoms with Crippen LogP contribution in [-0.2, 0) is 11.2 Å². The predicted octanol–water partition coefficient (Wildman–Crippen LogP) is 4.73. The number of aliphatic hydroxyl groups is 1. The van der Waals surface area contributed by atoms with Crippen LogP contribution in [0.5, 0.6) is 11.5 Å². The van der Waals surface area contributed by atoms with E-state index in [4.69, 9.17) is 4.74 Å². The molecule has 5 heteroatoms. The molecular weight excluding hydrogens is 366 g/mol. The molecule has 0 spiro atoms. The Kier molecular flexibility index (Phi) is 5.90. The lowest BCUT2D eigenvalue weighted by atomic mass is 9.78. The number of carbonyl (C=O) groups excluding carboxylic acids is 1. The molecular formula is C24H31NO4. The molecule has 0 fully saturated rings. The van der Waals surface area contributed by atoms with Crippen LogP contribution in [-0.4, -0.2) is 22.7 Å². The summed E-state index contributed by atoms with van der Waals surface area (Å²) in [5.74, 6) is 0.167. The van der Waals surface area contributed by atoms with Crippen molar-refractivity contribution < 1.29 is 19.7 Å². The molecule has 1 aliphatic rings. The number of carbonyl (C=O) groups is 1. The lowest BCUT2D eigenvalue weighted by molar-refractivity contribution is -0.118. The van der Waals surface area contributed by atoms with Crippen LogP contribution >= 0.6 is 0 Å². The number of phenolic OH excluding ortho intramolecular Hbond substituents is 1. The van der Waals surface area contributed by atoms with Crippen molar-refractivity contribution in [3.05, 3.63) is 52.1 Å². The molecule has 0 radical (unpaired) electrons. The normalized spacial score (nSPS) is 14.8. The van der Waals surface area contributed by atoms with Gasteiger partial charge >= 0.3 is 0 Å². The zero-order valence-corrected chi connectivity index (χ0v) is 17.9. The van der Waals surface area contributed by atoms with Gasteiger partial charge in [0.15, 0.2) is 6.61 Å². The lowest BCUT2D eigenvalue weighted by Crippen LogP contribution is -2.26. The molecule has 0 saturated heterocycles. The quantitative estimate of drug-likeness (QED) is 0.658. The van der Waals surface area contributed by atoms with Gasteiger partial charge in [-0.2, -0.15) is 0 Å². The first-order chi connectivity index (χ1) is 13.6. The Morgan fingerprint density at radius 1 is 1.14 bits per heavy atom. The summed E-state index contributed by atoms with van der Waals surface area (Å²) < 4.78 is 5.53. The van der Waals surface area contributed by atoms with E-state index in [2.05, 4.69) is 52.1 Å². The molecule has 3 rings (SSSR count). The number of aliphatic hydroxyl groups excluding tert-OH is 1. The standard InChI is InChI=1S/C24H31NO4/c1-14-8-15(2)19(16(3)9-14)12-24(4,5)7-6-21(27)18-10-17(26)11-20-23(18)29-13-22(28)25-20/h8-11,21,26-27H,6-7,12-13H2,1-5H3,(H,25,28). The Labute approximate surface area is 172 Å². The predicted molar refractivity (Wildman–Crippen MR) is 115 cm³/mol. The van der Waals surface area contributed by atoms with Crippen LogP contribution < -0.4 is 10.1 Å². The number of amides is 1. The second-order valence-electron chi connectivity index (χ2n) is 9.02. The van der Waals surface area contributed by atoms with Crippen LogP contribution in [0, 0.1) is 26.2 Å². The minimum absolute atomic E-state index is 0.00226. The van der Waals surface area contributed by atoms with Crippen LogP contribution in [0.1, 0.15) is 60.6 Å². The zero-order valence-electron chi connectivity index (χ0n) is 17.9. The lowest BCUT2D eigenvalue weighted by Gasteiger charge is -2.29.